The van der Waals surface area contributed by atoms with Crippen LogP contribution in [0.2, 0.25) is 0 Å². The Hall–Kier alpha value is -0.830. The van der Waals surface area contributed by atoms with E-state index in [0.717, 1.165) is 0 Å². The largest absolute Gasteiger partial charge is 0.495 e. The molecule has 1 aliphatic carbocycles. The fourth-order valence-electron chi connectivity index (χ4n) is 1.78. The van der Waals surface area contributed by atoms with Gasteiger partial charge in [-0.25, -0.2) is 13.1 Å². The predicted molar refractivity (Wildman–Crippen MR) is 83.8 cm³/mol. The molecule has 0 unspecified atom stereocenters. The minimum absolute atomic E-state index is 0.0212. The van der Waals surface area contributed by atoms with Crippen LogP contribution in [0.25, 0.3) is 0 Å². The first-order chi connectivity index (χ1) is 9.94. The van der Waals surface area contributed by atoms with Crippen LogP contribution in [0.4, 0.5) is 5.69 Å². The van der Waals surface area contributed by atoms with Crippen molar-refractivity contribution in [3.8, 4) is 5.75 Å². The topological polar surface area (TPSA) is 90.7 Å². The zero-order valence-corrected chi connectivity index (χ0v) is 14.2. The van der Waals surface area contributed by atoms with Crippen LogP contribution in [0.15, 0.2) is 21.5 Å². The second kappa shape index (κ2) is 6.95. The highest BCUT2D eigenvalue weighted by Crippen LogP contribution is 2.32. The van der Waals surface area contributed by atoms with Gasteiger partial charge in [0.05, 0.1) is 13.7 Å². The van der Waals surface area contributed by atoms with Crippen molar-refractivity contribution in [1.29, 1.82) is 0 Å². The van der Waals surface area contributed by atoms with E-state index in [0.29, 0.717) is 29.3 Å². The third kappa shape index (κ3) is 4.57. The maximum Gasteiger partial charge on any atom is 0.244 e. The molecule has 1 saturated carbocycles. The Bertz CT molecular complexity index is 602. The van der Waals surface area contributed by atoms with Gasteiger partial charge < -0.3 is 15.2 Å². The molecule has 2 rings (SSSR count). The van der Waals surface area contributed by atoms with E-state index in [9.17, 15) is 8.42 Å². The van der Waals surface area contributed by atoms with Gasteiger partial charge in [-0.3, -0.25) is 0 Å². The molecule has 0 radical (unpaired) electrons. The molecule has 0 amide bonds. The van der Waals surface area contributed by atoms with E-state index in [1.807, 2.05) is 0 Å². The van der Waals surface area contributed by atoms with Crippen molar-refractivity contribution in [1.82, 2.24) is 4.72 Å². The Morgan fingerprint density at radius 1 is 1.43 bits per heavy atom. The van der Waals surface area contributed by atoms with Crippen LogP contribution in [0.1, 0.15) is 12.8 Å². The van der Waals surface area contributed by atoms with E-state index in [1.165, 1.54) is 32.1 Å². The molecule has 1 aromatic carbocycles. The quantitative estimate of drug-likeness (QED) is 0.531. The number of methoxy groups -OCH3 is 1. The molecule has 1 aliphatic rings. The highest BCUT2D eigenvalue weighted by atomic mass is 79.9. The molecule has 0 saturated heterocycles. The fraction of sp³-hybridized carbons (Fsp3) is 0.538. The van der Waals surface area contributed by atoms with Gasteiger partial charge in [-0.05, 0) is 46.8 Å². The number of hydrogen-bond donors (Lipinski definition) is 2. The van der Waals surface area contributed by atoms with Gasteiger partial charge in [0.2, 0.25) is 10.0 Å². The monoisotopic (exact) mass is 378 g/mol. The van der Waals surface area contributed by atoms with Crippen LogP contribution >= 0.6 is 15.9 Å². The van der Waals surface area contributed by atoms with Crippen LogP contribution < -0.4 is 15.2 Å². The molecule has 6 nitrogen and oxygen atoms in total. The molecule has 21 heavy (non-hydrogen) atoms. The van der Waals surface area contributed by atoms with Gasteiger partial charge in [-0.2, -0.15) is 0 Å². The molecule has 0 atom stereocenters. The third-order valence-corrected chi connectivity index (χ3v) is 5.33. The predicted octanol–water partition coefficient (Wildman–Crippen LogP) is 1.74. The molecule has 0 bridgehead atoms. The van der Waals surface area contributed by atoms with Gasteiger partial charge in [-0.15, -0.1) is 0 Å². The van der Waals surface area contributed by atoms with Crippen molar-refractivity contribution in [3.63, 3.8) is 0 Å². The lowest BCUT2D eigenvalue weighted by Crippen LogP contribution is -2.28. The number of benzene rings is 1. The van der Waals surface area contributed by atoms with Crippen molar-refractivity contribution in [2.45, 2.75) is 17.7 Å². The smallest absolute Gasteiger partial charge is 0.244 e. The van der Waals surface area contributed by atoms with Gasteiger partial charge in [0.1, 0.15) is 10.6 Å². The Labute approximate surface area is 133 Å². The number of sulfonamides is 1. The lowest BCUT2D eigenvalue weighted by Gasteiger charge is -2.12. The summed E-state index contributed by atoms with van der Waals surface area (Å²) in [6, 6.07) is 2.91. The summed E-state index contributed by atoms with van der Waals surface area (Å²) in [6.07, 6.45) is 2.42. The molecular weight excluding hydrogens is 360 g/mol. The standard InChI is InChI=1S/C13H19BrN2O4S/c1-19-12-6-10(14)11(15)7-13(12)21(17,18)16-4-5-20-8-9-2-3-9/h6-7,9,16H,2-5,8,15H2,1H3. The lowest BCUT2D eigenvalue weighted by atomic mass is 10.3. The molecule has 118 valence electrons. The van der Waals surface area contributed by atoms with Gasteiger partial charge in [-0.1, -0.05) is 0 Å². The van der Waals surface area contributed by atoms with Crippen molar-refractivity contribution in [3.05, 3.63) is 16.6 Å². The molecule has 8 heteroatoms. The number of nitrogens with two attached hydrogens (primary N) is 1. The van der Waals surface area contributed by atoms with Gasteiger partial charge in [0, 0.05) is 23.3 Å². The third-order valence-electron chi connectivity index (χ3n) is 3.16. The van der Waals surface area contributed by atoms with Crippen molar-refractivity contribution in [2.75, 3.05) is 32.6 Å². The van der Waals surface area contributed by atoms with Crippen LogP contribution in [0, 0.1) is 5.92 Å². The molecule has 0 spiro atoms. The van der Waals surface area contributed by atoms with Crippen LogP contribution in [0.5, 0.6) is 5.75 Å². The zero-order valence-electron chi connectivity index (χ0n) is 11.8. The first-order valence-corrected chi connectivity index (χ1v) is 8.92. The molecule has 1 fully saturated rings. The van der Waals surface area contributed by atoms with E-state index < -0.39 is 10.0 Å². The molecular formula is C13H19BrN2O4S. The number of ether oxygens (including phenoxy) is 2. The first kappa shape index (κ1) is 16.5. The SMILES string of the molecule is COc1cc(Br)c(N)cc1S(=O)(=O)NCCOCC1CC1. The van der Waals surface area contributed by atoms with Gasteiger partial charge in [0.15, 0.2) is 0 Å². The molecule has 1 aromatic rings. The van der Waals surface area contributed by atoms with Crippen LogP contribution in [-0.4, -0.2) is 35.3 Å². The fourth-order valence-corrected chi connectivity index (χ4v) is 3.30. The summed E-state index contributed by atoms with van der Waals surface area (Å²) in [7, 11) is -2.27. The van der Waals surface area contributed by atoms with E-state index >= 15 is 0 Å². The van der Waals surface area contributed by atoms with E-state index in [1.54, 1.807) is 0 Å². The zero-order chi connectivity index (χ0) is 15.5. The number of nitrogen functional groups attached to an aromatic ring is 1. The minimum Gasteiger partial charge on any atom is -0.495 e. The molecule has 0 aliphatic heterocycles. The van der Waals surface area contributed by atoms with Gasteiger partial charge >= 0.3 is 0 Å². The number of anilines is 1. The molecule has 3 N–H and O–H groups in total. The maximum absolute atomic E-state index is 12.3. The maximum atomic E-state index is 12.3. The van der Waals surface area contributed by atoms with Crippen molar-refractivity contribution < 1.29 is 17.9 Å². The summed E-state index contributed by atoms with van der Waals surface area (Å²) in [5.41, 5.74) is 6.07. The Morgan fingerprint density at radius 3 is 2.76 bits per heavy atom. The highest BCUT2D eigenvalue weighted by Gasteiger charge is 2.22. The Balaban J connectivity index is 1.98. The minimum atomic E-state index is -3.68. The molecule has 0 heterocycles. The molecule has 0 aromatic heterocycles. The van der Waals surface area contributed by atoms with Crippen molar-refractivity contribution in [2.24, 2.45) is 5.92 Å². The Morgan fingerprint density at radius 2 is 2.14 bits per heavy atom. The number of halogens is 1. The summed E-state index contributed by atoms with van der Waals surface area (Å²) in [4.78, 5) is 0.0212. The van der Waals surface area contributed by atoms with E-state index in [2.05, 4.69) is 20.7 Å². The van der Waals surface area contributed by atoms with E-state index in [-0.39, 0.29) is 17.2 Å². The average molecular weight is 379 g/mol. The normalized spacial score (nSPS) is 15.1. The summed E-state index contributed by atoms with van der Waals surface area (Å²) < 4.78 is 38.1. The van der Waals surface area contributed by atoms with Crippen molar-refractivity contribution >= 4 is 31.6 Å². The highest BCUT2D eigenvalue weighted by molar-refractivity contribution is 9.10. The summed E-state index contributed by atoms with van der Waals surface area (Å²) in [5, 5.41) is 0. The number of rotatable bonds is 8. The van der Waals surface area contributed by atoms with Crippen LogP contribution in [0.3, 0.4) is 0 Å². The van der Waals surface area contributed by atoms with Crippen LogP contribution in [-0.2, 0) is 14.8 Å². The Kier molecular flexibility index (Phi) is 5.48. The second-order valence-electron chi connectivity index (χ2n) is 4.94. The summed E-state index contributed by atoms with van der Waals surface area (Å²) in [6.45, 7) is 1.27. The summed E-state index contributed by atoms with van der Waals surface area (Å²) >= 11 is 3.24. The number of nitrogens with one attached hydrogen (secondary N) is 1. The average Bonchev–Trinajstić information content (AvgIpc) is 3.25. The lowest BCUT2D eigenvalue weighted by molar-refractivity contribution is 0.129. The van der Waals surface area contributed by atoms with Gasteiger partial charge in [0.25, 0.3) is 0 Å². The number of hydrogen-bond acceptors (Lipinski definition) is 5. The summed E-state index contributed by atoms with van der Waals surface area (Å²) in [5.74, 6) is 0.899. The second-order valence-corrected chi connectivity index (χ2v) is 7.53. The first-order valence-electron chi connectivity index (χ1n) is 6.64. The van der Waals surface area contributed by atoms with E-state index in [4.69, 9.17) is 15.2 Å².